The molecule has 1 spiro atoms. The summed E-state index contributed by atoms with van der Waals surface area (Å²) in [5.74, 6) is 0. The highest BCUT2D eigenvalue weighted by Gasteiger charge is 2.39. The Balaban J connectivity index is 2.05. The molecule has 1 fully saturated rings. The van der Waals surface area contributed by atoms with Gasteiger partial charge in [-0.25, -0.2) is 0 Å². The van der Waals surface area contributed by atoms with E-state index in [9.17, 15) is 0 Å². The van der Waals surface area contributed by atoms with Gasteiger partial charge in [0.15, 0.2) is 0 Å². The van der Waals surface area contributed by atoms with Crippen LogP contribution in [0.3, 0.4) is 0 Å². The Hall–Kier alpha value is -0.690. The minimum atomic E-state index is 0.401. The molecule has 0 radical (unpaired) electrons. The molecule has 80 valence electrons. The molecule has 3 rings (SSSR count). The number of benzene rings is 1. The molecule has 2 heteroatoms. The zero-order valence-corrected chi connectivity index (χ0v) is 9.61. The molecular weight excluding hydrogens is 206 g/mol. The van der Waals surface area contributed by atoms with Gasteiger partial charge in [-0.2, -0.15) is 0 Å². The van der Waals surface area contributed by atoms with Crippen molar-refractivity contribution in [2.75, 3.05) is 11.9 Å². The molecule has 2 aliphatic rings. The highest BCUT2D eigenvalue weighted by atomic mass is 35.5. The second-order valence-electron chi connectivity index (χ2n) is 4.88. The van der Waals surface area contributed by atoms with Crippen LogP contribution in [0.5, 0.6) is 0 Å². The Labute approximate surface area is 95.8 Å². The number of fused-ring (bicyclic) bond motifs is 2. The van der Waals surface area contributed by atoms with Crippen LogP contribution in [0.1, 0.15) is 37.7 Å². The van der Waals surface area contributed by atoms with Crippen molar-refractivity contribution in [3.05, 3.63) is 28.8 Å². The molecule has 0 amide bonds. The molecule has 1 saturated carbocycles. The van der Waals surface area contributed by atoms with E-state index in [1.807, 2.05) is 6.07 Å². The second kappa shape index (κ2) is 3.41. The Morgan fingerprint density at radius 1 is 1.13 bits per heavy atom. The standard InChI is InChI=1S/C13H16ClN/c14-10-4-5-12-11(8-10)13(9-15-12)6-2-1-3-7-13/h4-5,8,15H,1-3,6-7,9H2. The molecule has 1 N–H and O–H groups in total. The van der Waals surface area contributed by atoms with Gasteiger partial charge < -0.3 is 5.32 Å². The van der Waals surface area contributed by atoms with E-state index in [-0.39, 0.29) is 0 Å². The van der Waals surface area contributed by atoms with E-state index in [1.165, 1.54) is 43.4 Å². The lowest BCUT2D eigenvalue weighted by atomic mass is 9.71. The van der Waals surface area contributed by atoms with Gasteiger partial charge in [0.2, 0.25) is 0 Å². The molecule has 1 aliphatic heterocycles. The predicted molar refractivity (Wildman–Crippen MR) is 64.7 cm³/mol. The molecule has 0 atom stereocenters. The molecule has 1 nitrogen and oxygen atoms in total. The van der Waals surface area contributed by atoms with E-state index >= 15 is 0 Å². The van der Waals surface area contributed by atoms with E-state index in [0.717, 1.165) is 11.6 Å². The number of rotatable bonds is 0. The summed E-state index contributed by atoms with van der Waals surface area (Å²) in [5.41, 5.74) is 3.18. The van der Waals surface area contributed by atoms with Gasteiger partial charge in [-0.3, -0.25) is 0 Å². The highest BCUT2D eigenvalue weighted by molar-refractivity contribution is 6.30. The van der Waals surface area contributed by atoms with Gasteiger partial charge in [-0.1, -0.05) is 30.9 Å². The van der Waals surface area contributed by atoms with Crippen LogP contribution in [0.15, 0.2) is 18.2 Å². The third kappa shape index (κ3) is 1.45. The van der Waals surface area contributed by atoms with Crippen molar-refractivity contribution in [3.8, 4) is 0 Å². The fourth-order valence-corrected chi connectivity index (χ4v) is 3.32. The van der Waals surface area contributed by atoms with E-state index in [4.69, 9.17) is 11.6 Å². The quantitative estimate of drug-likeness (QED) is 0.699. The molecule has 1 aliphatic carbocycles. The van der Waals surface area contributed by atoms with Gasteiger partial charge in [-0.05, 0) is 36.6 Å². The maximum absolute atomic E-state index is 6.10. The van der Waals surface area contributed by atoms with Crippen molar-refractivity contribution in [3.63, 3.8) is 0 Å². The lowest BCUT2D eigenvalue weighted by molar-refractivity contribution is 0.319. The third-order valence-corrected chi connectivity index (χ3v) is 4.22. The number of hydrogen-bond acceptors (Lipinski definition) is 1. The summed E-state index contributed by atoms with van der Waals surface area (Å²) in [6, 6.07) is 6.28. The minimum absolute atomic E-state index is 0.401. The van der Waals surface area contributed by atoms with E-state index < -0.39 is 0 Å². The summed E-state index contributed by atoms with van der Waals surface area (Å²) in [5, 5.41) is 4.41. The molecule has 1 heterocycles. The van der Waals surface area contributed by atoms with E-state index in [1.54, 1.807) is 0 Å². The predicted octanol–water partition coefficient (Wildman–Crippen LogP) is 3.97. The first kappa shape index (κ1) is 9.53. The average molecular weight is 222 g/mol. The smallest absolute Gasteiger partial charge is 0.0410 e. The molecule has 0 unspecified atom stereocenters. The monoisotopic (exact) mass is 221 g/mol. The number of anilines is 1. The molecule has 0 bridgehead atoms. The number of halogens is 1. The minimum Gasteiger partial charge on any atom is -0.384 e. The Kier molecular flexibility index (Phi) is 2.17. The summed E-state index contributed by atoms with van der Waals surface area (Å²) >= 11 is 6.10. The molecule has 15 heavy (non-hydrogen) atoms. The third-order valence-electron chi connectivity index (χ3n) is 3.98. The van der Waals surface area contributed by atoms with Crippen molar-refractivity contribution >= 4 is 17.3 Å². The zero-order valence-electron chi connectivity index (χ0n) is 8.85. The Bertz CT molecular complexity index is 375. The molecular formula is C13H16ClN. The maximum atomic E-state index is 6.10. The van der Waals surface area contributed by atoms with Crippen molar-refractivity contribution in [1.82, 2.24) is 0 Å². The van der Waals surface area contributed by atoms with E-state index in [2.05, 4.69) is 17.4 Å². The van der Waals surface area contributed by atoms with Crippen LogP contribution < -0.4 is 5.32 Å². The van der Waals surface area contributed by atoms with Gasteiger partial charge in [0.1, 0.15) is 0 Å². The fraction of sp³-hybridized carbons (Fsp3) is 0.538. The van der Waals surface area contributed by atoms with Gasteiger partial charge in [0, 0.05) is 22.7 Å². The summed E-state index contributed by atoms with van der Waals surface area (Å²) in [7, 11) is 0. The van der Waals surface area contributed by atoms with Gasteiger partial charge >= 0.3 is 0 Å². The van der Waals surface area contributed by atoms with Crippen molar-refractivity contribution < 1.29 is 0 Å². The number of hydrogen-bond donors (Lipinski definition) is 1. The molecule has 1 aromatic carbocycles. The van der Waals surface area contributed by atoms with Crippen LogP contribution in [0, 0.1) is 0 Å². The van der Waals surface area contributed by atoms with Crippen molar-refractivity contribution in [2.24, 2.45) is 0 Å². The van der Waals surface area contributed by atoms with Gasteiger partial charge in [0.25, 0.3) is 0 Å². The van der Waals surface area contributed by atoms with Crippen LogP contribution in [-0.2, 0) is 5.41 Å². The highest BCUT2D eigenvalue weighted by Crippen LogP contribution is 2.47. The summed E-state index contributed by atoms with van der Waals surface area (Å²) < 4.78 is 0. The summed E-state index contributed by atoms with van der Waals surface area (Å²) in [6.07, 6.45) is 6.79. The van der Waals surface area contributed by atoms with E-state index in [0.29, 0.717) is 5.41 Å². The van der Waals surface area contributed by atoms with Crippen LogP contribution >= 0.6 is 11.6 Å². The SMILES string of the molecule is Clc1ccc2c(c1)C1(CCCCC1)CN2. The largest absolute Gasteiger partial charge is 0.384 e. The summed E-state index contributed by atoms with van der Waals surface area (Å²) in [6.45, 7) is 1.11. The average Bonchev–Trinajstić information content (AvgIpc) is 2.59. The second-order valence-corrected chi connectivity index (χ2v) is 5.32. The van der Waals surface area contributed by atoms with Crippen LogP contribution in [-0.4, -0.2) is 6.54 Å². The fourth-order valence-electron chi connectivity index (χ4n) is 3.14. The first-order chi connectivity index (χ1) is 7.30. The number of nitrogens with one attached hydrogen (secondary N) is 1. The molecule has 0 aromatic heterocycles. The first-order valence-corrected chi connectivity index (χ1v) is 6.22. The first-order valence-electron chi connectivity index (χ1n) is 5.84. The van der Waals surface area contributed by atoms with Crippen molar-refractivity contribution in [2.45, 2.75) is 37.5 Å². The van der Waals surface area contributed by atoms with Crippen LogP contribution in [0.25, 0.3) is 0 Å². The molecule has 0 saturated heterocycles. The van der Waals surface area contributed by atoms with Gasteiger partial charge in [-0.15, -0.1) is 0 Å². The zero-order chi connectivity index (χ0) is 10.3. The lowest BCUT2D eigenvalue weighted by Gasteiger charge is -2.33. The Morgan fingerprint density at radius 3 is 2.73 bits per heavy atom. The van der Waals surface area contributed by atoms with Crippen LogP contribution in [0.2, 0.25) is 5.02 Å². The summed E-state index contributed by atoms with van der Waals surface area (Å²) in [4.78, 5) is 0. The lowest BCUT2D eigenvalue weighted by Crippen LogP contribution is -2.30. The van der Waals surface area contributed by atoms with Gasteiger partial charge in [0.05, 0.1) is 0 Å². The Morgan fingerprint density at radius 2 is 1.93 bits per heavy atom. The van der Waals surface area contributed by atoms with Crippen LogP contribution in [0.4, 0.5) is 5.69 Å². The molecule has 1 aromatic rings. The normalized spacial score (nSPS) is 22.5. The van der Waals surface area contributed by atoms with Crippen molar-refractivity contribution in [1.29, 1.82) is 0 Å². The topological polar surface area (TPSA) is 12.0 Å². The maximum Gasteiger partial charge on any atom is 0.0410 e.